The van der Waals surface area contributed by atoms with Crippen LogP contribution in [0, 0.1) is 0 Å². The molecule has 0 spiro atoms. The van der Waals surface area contributed by atoms with E-state index < -0.39 is 6.10 Å². The molecule has 1 N–H and O–H groups in total. The van der Waals surface area contributed by atoms with E-state index in [4.69, 9.17) is 0 Å². The van der Waals surface area contributed by atoms with Crippen molar-refractivity contribution in [1.82, 2.24) is 19.1 Å². The Bertz CT molecular complexity index is 446. The highest BCUT2D eigenvalue weighted by molar-refractivity contribution is 5.01. The van der Waals surface area contributed by atoms with Crippen molar-refractivity contribution in [3.63, 3.8) is 0 Å². The zero-order valence-electron chi connectivity index (χ0n) is 8.83. The van der Waals surface area contributed by atoms with Crippen LogP contribution in [0.1, 0.15) is 17.8 Å². The lowest BCUT2D eigenvalue weighted by atomic mass is 10.2. The fraction of sp³-hybridized carbons (Fsp3) is 0.400. The standard InChI is InChI=1S/C10H14N4O/c1-13-5-3-11-9(13)7-8(15)10-12-4-6-14(10)2/h3-6,8,15H,7H2,1-2H3. The highest BCUT2D eigenvalue weighted by atomic mass is 16.3. The molecule has 5 heteroatoms. The van der Waals surface area contributed by atoms with Crippen LogP contribution in [-0.4, -0.2) is 24.2 Å². The van der Waals surface area contributed by atoms with Crippen molar-refractivity contribution in [3.05, 3.63) is 36.4 Å². The number of hydrogen-bond acceptors (Lipinski definition) is 3. The lowest BCUT2D eigenvalue weighted by molar-refractivity contribution is 0.161. The van der Waals surface area contributed by atoms with Gasteiger partial charge >= 0.3 is 0 Å². The van der Waals surface area contributed by atoms with E-state index in [1.165, 1.54) is 0 Å². The van der Waals surface area contributed by atoms with Gasteiger partial charge in [0, 0.05) is 45.3 Å². The van der Waals surface area contributed by atoms with Gasteiger partial charge in [0.1, 0.15) is 17.8 Å². The van der Waals surface area contributed by atoms with Crippen LogP contribution < -0.4 is 0 Å². The maximum Gasteiger partial charge on any atom is 0.137 e. The average Bonchev–Trinajstić information content (AvgIpc) is 2.76. The Morgan fingerprint density at radius 3 is 2.40 bits per heavy atom. The van der Waals surface area contributed by atoms with Crippen molar-refractivity contribution in [2.45, 2.75) is 12.5 Å². The molecule has 0 saturated heterocycles. The normalized spacial score (nSPS) is 13.0. The van der Waals surface area contributed by atoms with Crippen LogP contribution in [0.2, 0.25) is 0 Å². The summed E-state index contributed by atoms with van der Waals surface area (Å²) in [7, 11) is 3.78. The van der Waals surface area contributed by atoms with Gasteiger partial charge in [0.25, 0.3) is 0 Å². The number of nitrogens with zero attached hydrogens (tertiary/aromatic N) is 4. The molecule has 80 valence electrons. The van der Waals surface area contributed by atoms with Crippen LogP contribution in [0.15, 0.2) is 24.8 Å². The molecule has 0 saturated carbocycles. The maximum atomic E-state index is 9.95. The largest absolute Gasteiger partial charge is 0.385 e. The van der Waals surface area contributed by atoms with Gasteiger partial charge in [-0.05, 0) is 0 Å². The third-order valence-electron chi connectivity index (χ3n) is 2.45. The molecule has 2 aromatic rings. The molecule has 0 bridgehead atoms. The summed E-state index contributed by atoms with van der Waals surface area (Å²) >= 11 is 0. The molecule has 0 aliphatic rings. The van der Waals surface area contributed by atoms with Crippen molar-refractivity contribution in [1.29, 1.82) is 0 Å². The second kappa shape index (κ2) is 3.86. The van der Waals surface area contributed by atoms with Gasteiger partial charge in [-0.25, -0.2) is 9.97 Å². The van der Waals surface area contributed by atoms with Gasteiger partial charge in [-0.2, -0.15) is 0 Å². The monoisotopic (exact) mass is 206 g/mol. The Morgan fingerprint density at radius 2 is 1.87 bits per heavy atom. The predicted octanol–water partition coefficient (Wildman–Crippen LogP) is 0.430. The minimum absolute atomic E-state index is 0.481. The van der Waals surface area contributed by atoms with Crippen LogP contribution in [0.25, 0.3) is 0 Å². The fourth-order valence-electron chi connectivity index (χ4n) is 1.56. The molecular formula is C10H14N4O. The van der Waals surface area contributed by atoms with Crippen molar-refractivity contribution in [3.8, 4) is 0 Å². The smallest absolute Gasteiger partial charge is 0.137 e. The molecular weight excluding hydrogens is 192 g/mol. The first-order valence-corrected chi connectivity index (χ1v) is 4.80. The second-order valence-corrected chi connectivity index (χ2v) is 3.57. The Morgan fingerprint density at radius 1 is 1.20 bits per heavy atom. The Kier molecular flexibility index (Phi) is 2.55. The van der Waals surface area contributed by atoms with Crippen molar-refractivity contribution >= 4 is 0 Å². The number of aromatic nitrogens is 4. The van der Waals surface area contributed by atoms with Gasteiger partial charge in [0.15, 0.2) is 0 Å². The maximum absolute atomic E-state index is 9.95. The van der Waals surface area contributed by atoms with Crippen molar-refractivity contribution in [2.24, 2.45) is 14.1 Å². The number of rotatable bonds is 3. The van der Waals surface area contributed by atoms with Gasteiger partial charge < -0.3 is 14.2 Å². The van der Waals surface area contributed by atoms with E-state index in [0.29, 0.717) is 12.2 Å². The average molecular weight is 206 g/mol. The third-order valence-corrected chi connectivity index (χ3v) is 2.45. The zero-order valence-corrected chi connectivity index (χ0v) is 8.83. The van der Waals surface area contributed by atoms with Crippen LogP contribution in [0.3, 0.4) is 0 Å². The number of imidazole rings is 2. The minimum Gasteiger partial charge on any atom is -0.385 e. The highest BCUT2D eigenvalue weighted by Crippen LogP contribution is 2.14. The number of aliphatic hydroxyl groups excluding tert-OH is 1. The molecule has 1 unspecified atom stereocenters. The summed E-state index contributed by atoms with van der Waals surface area (Å²) in [5.41, 5.74) is 0. The van der Waals surface area contributed by atoms with E-state index in [9.17, 15) is 5.11 Å². The van der Waals surface area contributed by atoms with Gasteiger partial charge in [-0.1, -0.05) is 0 Å². The molecule has 1 atom stereocenters. The Balaban J connectivity index is 2.14. The van der Waals surface area contributed by atoms with Gasteiger partial charge in [-0.15, -0.1) is 0 Å². The summed E-state index contributed by atoms with van der Waals surface area (Å²) in [5, 5.41) is 9.95. The van der Waals surface area contributed by atoms with Crippen LogP contribution in [-0.2, 0) is 20.5 Å². The second-order valence-electron chi connectivity index (χ2n) is 3.57. The molecule has 2 aromatic heterocycles. The van der Waals surface area contributed by atoms with Crippen LogP contribution in [0.5, 0.6) is 0 Å². The summed E-state index contributed by atoms with van der Waals surface area (Å²) < 4.78 is 3.71. The Hall–Kier alpha value is -1.62. The summed E-state index contributed by atoms with van der Waals surface area (Å²) in [5.74, 6) is 1.52. The lowest BCUT2D eigenvalue weighted by Gasteiger charge is -2.10. The zero-order chi connectivity index (χ0) is 10.8. The van der Waals surface area contributed by atoms with Crippen molar-refractivity contribution in [2.75, 3.05) is 0 Å². The molecule has 0 aliphatic carbocycles. The molecule has 15 heavy (non-hydrogen) atoms. The quantitative estimate of drug-likeness (QED) is 0.792. The van der Waals surface area contributed by atoms with E-state index in [2.05, 4.69) is 9.97 Å². The number of aliphatic hydroxyl groups is 1. The molecule has 0 amide bonds. The first-order valence-electron chi connectivity index (χ1n) is 4.80. The van der Waals surface area contributed by atoms with Crippen LogP contribution in [0.4, 0.5) is 0 Å². The predicted molar refractivity (Wildman–Crippen MR) is 55.1 cm³/mol. The third kappa shape index (κ3) is 1.92. The lowest BCUT2D eigenvalue weighted by Crippen LogP contribution is -2.11. The van der Waals surface area contributed by atoms with Crippen LogP contribution >= 0.6 is 0 Å². The van der Waals surface area contributed by atoms with Crippen molar-refractivity contribution < 1.29 is 5.11 Å². The first kappa shape index (κ1) is 9.92. The SMILES string of the molecule is Cn1ccnc1CC(O)c1nccn1C. The summed E-state index contributed by atoms with van der Waals surface area (Å²) in [6, 6.07) is 0. The molecule has 0 fully saturated rings. The fourth-order valence-corrected chi connectivity index (χ4v) is 1.56. The molecule has 2 rings (SSSR count). The summed E-state index contributed by atoms with van der Waals surface area (Å²) in [6.45, 7) is 0. The summed E-state index contributed by atoms with van der Waals surface area (Å²) in [4.78, 5) is 8.26. The van der Waals surface area contributed by atoms with E-state index in [1.807, 2.05) is 35.6 Å². The van der Waals surface area contributed by atoms with E-state index in [0.717, 1.165) is 5.82 Å². The first-order chi connectivity index (χ1) is 7.18. The summed E-state index contributed by atoms with van der Waals surface area (Å²) in [6.07, 6.45) is 6.95. The van der Waals surface area contributed by atoms with Gasteiger partial charge in [0.05, 0.1) is 0 Å². The van der Waals surface area contributed by atoms with Gasteiger partial charge in [-0.3, -0.25) is 0 Å². The topological polar surface area (TPSA) is 55.9 Å². The molecule has 0 aliphatic heterocycles. The van der Waals surface area contributed by atoms with E-state index in [1.54, 1.807) is 12.4 Å². The minimum atomic E-state index is -0.605. The van der Waals surface area contributed by atoms with E-state index >= 15 is 0 Å². The molecule has 0 radical (unpaired) electrons. The molecule has 5 nitrogen and oxygen atoms in total. The molecule has 2 heterocycles. The Labute approximate surface area is 88.0 Å². The number of hydrogen-bond donors (Lipinski definition) is 1. The molecule has 0 aromatic carbocycles. The highest BCUT2D eigenvalue weighted by Gasteiger charge is 2.14. The number of aryl methyl sites for hydroxylation is 2. The van der Waals surface area contributed by atoms with Gasteiger partial charge in [0.2, 0.25) is 0 Å². The van der Waals surface area contributed by atoms with E-state index in [-0.39, 0.29) is 0 Å².